The summed E-state index contributed by atoms with van der Waals surface area (Å²) in [6, 6.07) is 0.513. The van der Waals surface area contributed by atoms with E-state index in [0.29, 0.717) is 23.6 Å². The van der Waals surface area contributed by atoms with Crippen molar-refractivity contribution >= 4 is 9.84 Å². The van der Waals surface area contributed by atoms with Gasteiger partial charge in [-0.05, 0) is 52.0 Å². The van der Waals surface area contributed by atoms with Crippen LogP contribution >= 0.6 is 0 Å². The molecule has 114 valence electrons. The van der Waals surface area contributed by atoms with E-state index in [9.17, 15) is 8.42 Å². The summed E-state index contributed by atoms with van der Waals surface area (Å²) in [7, 11) is -2.96. The lowest BCUT2D eigenvalue weighted by molar-refractivity contribution is 0.347. The molecule has 4 heteroatoms. The van der Waals surface area contributed by atoms with Crippen LogP contribution in [0.1, 0.15) is 60.3 Å². The zero-order chi connectivity index (χ0) is 14.7. The Kier molecular flexibility index (Phi) is 5.87. The molecule has 0 bridgehead atoms. The maximum absolute atomic E-state index is 12.2. The molecule has 2 atom stereocenters. The SMILES string of the molecule is CC(C)NCC1CCCC1CCS(=O)(=O)C(C)(C)C. The number of hydrogen-bond acceptors (Lipinski definition) is 3. The van der Waals surface area contributed by atoms with E-state index in [4.69, 9.17) is 0 Å². The van der Waals surface area contributed by atoms with Crippen molar-refractivity contribution in [2.24, 2.45) is 11.8 Å². The fourth-order valence-electron chi connectivity index (χ4n) is 2.76. The summed E-state index contributed by atoms with van der Waals surface area (Å²) in [6.07, 6.45) is 4.54. The third kappa shape index (κ3) is 5.07. The van der Waals surface area contributed by atoms with E-state index < -0.39 is 14.6 Å². The van der Waals surface area contributed by atoms with Crippen LogP contribution in [0.3, 0.4) is 0 Å². The topological polar surface area (TPSA) is 46.2 Å². The maximum Gasteiger partial charge on any atom is 0.155 e. The quantitative estimate of drug-likeness (QED) is 0.817. The van der Waals surface area contributed by atoms with E-state index in [2.05, 4.69) is 19.2 Å². The second kappa shape index (κ2) is 6.57. The lowest BCUT2D eigenvalue weighted by atomic mass is 9.93. The monoisotopic (exact) mass is 289 g/mol. The summed E-state index contributed by atoms with van der Waals surface area (Å²) in [6.45, 7) is 10.8. The standard InChI is InChI=1S/C15H31NO2S/c1-12(2)16-11-14-8-6-7-13(14)9-10-19(17,18)15(3,4)5/h12-14,16H,6-11H2,1-5H3. The molecule has 0 spiro atoms. The van der Waals surface area contributed by atoms with Crippen molar-refractivity contribution in [3.63, 3.8) is 0 Å². The first-order chi connectivity index (χ1) is 8.63. The summed E-state index contributed by atoms with van der Waals surface area (Å²) < 4.78 is 23.7. The third-order valence-corrected chi connectivity index (χ3v) is 6.93. The summed E-state index contributed by atoms with van der Waals surface area (Å²) in [5.41, 5.74) is 0. The fourth-order valence-corrected chi connectivity index (χ4v) is 3.99. The Bertz CT molecular complexity index is 368. The minimum atomic E-state index is -2.96. The molecule has 0 aromatic rings. The Labute approximate surface area is 119 Å². The average molecular weight is 289 g/mol. The Balaban J connectivity index is 2.48. The van der Waals surface area contributed by atoms with Gasteiger partial charge in [0.1, 0.15) is 0 Å². The van der Waals surface area contributed by atoms with Crippen molar-refractivity contribution in [1.29, 1.82) is 0 Å². The van der Waals surface area contributed by atoms with Gasteiger partial charge in [-0.2, -0.15) is 0 Å². The highest BCUT2D eigenvalue weighted by atomic mass is 32.2. The second-order valence-electron chi connectivity index (χ2n) is 7.23. The first-order valence-corrected chi connectivity index (χ1v) is 9.24. The van der Waals surface area contributed by atoms with Gasteiger partial charge in [0.25, 0.3) is 0 Å². The predicted molar refractivity (Wildman–Crippen MR) is 82.1 cm³/mol. The van der Waals surface area contributed by atoms with E-state index in [0.717, 1.165) is 13.0 Å². The van der Waals surface area contributed by atoms with Crippen LogP contribution in [-0.2, 0) is 9.84 Å². The van der Waals surface area contributed by atoms with Gasteiger partial charge in [-0.1, -0.05) is 26.7 Å². The van der Waals surface area contributed by atoms with Gasteiger partial charge in [-0.3, -0.25) is 0 Å². The number of hydrogen-bond donors (Lipinski definition) is 1. The molecule has 1 N–H and O–H groups in total. The largest absolute Gasteiger partial charge is 0.314 e. The first-order valence-electron chi connectivity index (χ1n) is 7.59. The normalized spacial score (nSPS) is 25.2. The van der Waals surface area contributed by atoms with Gasteiger partial charge in [0.15, 0.2) is 9.84 Å². The highest BCUT2D eigenvalue weighted by Crippen LogP contribution is 2.34. The maximum atomic E-state index is 12.2. The van der Waals surface area contributed by atoms with Crippen LogP contribution in [-0.4, -0.2) is 31.5 Å². The van der Waals surface area contributed by atoms with E-state index in [-0.39, 0.29) is 0 Å². The Hall–Kier alpha value is -0.0900. The minimum Gasteiger partial charge on any atom is -0.314 e. The summed E-state index contributed by atoms with van der Waals surface area (Å²) in [5.74, 6) is 1.60. The van der Waals surface area contributed by atoms with Gasteiger partial charge in [-0.15, -0.1) is 0 Å². The van der Waals surface area contributed by atoms with Crippen molar-refractivity contribution in [1.82, 2.24) is 5.32 Å². The Morgan fingerprint density at radius 1 is 1.16 bits per heavy atom. The number of rotatable bonds is 6. The molecular formula is C15H31NO2S. The molecule has 0 amide bonds. The summed E-state index contributed by atoms with van der Waals surface area (Å²) >= 11 is 0. The summed E-state index contributed by atoms with van der Waals surface area (Å²) in [4.78, 5) is 0. The lowest BCUT2D eigenvalue weighted by Crippen LogP contribution is -2.33. The number of sulfone groups is 1. The Morgan fingerprint density at radius 3 is 2.26 bits per heavy atom. The van der Waals surface area contributed by atoms with Gasteiger partial charge >= 0.3 is 0 Å². The molecule has 1 rings (SSSR count). The number of nitrogens with one attached hydrogen (secondary N) is 1. The summed E-state index contributed by atoms with van der Waals surface area (Å²) in [5, 5.41) is 3.50. The van der Waals surface area contributed by atoms with Gasteiger partial charge in [-0.25, -0.2) is 8.42 Å². The van der Waals surface area contributed by atoms with Crippen molar-refractivity contribution < 1.29 is 8.42 Å². The average Bonchev–Trinajstić information content (AvgIpc) is 2.69. The molecule has 0 aromatic heterocycles. The van der Waals surface area contributed by atoms with Crippen molar-refractivity contribution in [2.75, 3.05) is 12.3 Å². The Morgan fingerprint density at radius 2 is 1.74 bits per heavy atom. The molecule has 0 saturated heterocycles. The third-order valence-electron chi connectivity index (χ3n) is 4.30. The molecule has 0 radical (unpaired) electrons. The highest BCUT2D eigenvalue weighted by Gasteiger charge is 2.32. The van der Waals surface area contributed by atoms with E-state index in [1.807, 2.05) is 0 Å². The molecular weight excluding hydrogens is 258 g/mol. The van der Waals surface area contributed by atoms with E-state index in [1.165, 1.54) is 19.3 Å². The molecule has 1 saturated carbocycles. The predicted octanol–water partition coefficient (Wildman–Crippen LogP) is 3.00. The molecule has 0 heterocycles. The van der Waals surface area contributed by atoms with Crippen LogP contribution in [0.5, 0.6) is 0 Å². The molecule has 1 aliphatic carbocycles. The molecule has 3 nitrogen and oxygen atoms in total. The van der Waals surface area contributed by atoms with E-state index in [1.54, 1.807) is 20.8 Å². The molecule has 19 heavy (non-hydrogen) atoms. The van der Waals surface area contributed by atoms with Gasteiger partial charge < -0.3 is 5.32 Å². The van der Waals surface area contributed by atoms with Crippen LogP contribution in [0.2, 0.25) is 0 Å². The zero-order valence-corrected chi connectivity index (χ0v) is 14.0. The molecule has 1 fully saturated rings. The van der Waals surface area contributed by atoms with Crippen LogP contribution < -0.4 is 5.32 Å². The highest BCUT2D eigenvalue weighted by molar-refractivity contribution is 7.92. The van der Waals surface area contributed by atoms with Crippen molar-refractivity contribution in [3.05, 3.63) is 0 Å². The van der Waals surface area contributed by atoms with E-state index >= 15 is 0 Å². The molecule has 0 aromatic carbocycles. The lowest BCUT2D eigenvalue weighted by Gasteiger charge is -2.24. The molecule has 1 aliphatic rings. The fraction of sp³-hybridized carbons (Fsp3) is 1.00. The second-order valence-corrected chi connectivity index (χ2v) is 10.1. The van der Waals surface area contributed by atoms with Crippen LogP contribution in [0.4, 0.5) is 0 Å². The molecule has 0 aliphatic heterocycles. The van der Waals surface area contributed by atoms with Crippen LogP contribution in [0.25, 0.3) is 0 Å². The molecule has 2 unspecified atom stereocenters. The van der Waals surface area contributed by atoms with Crippen molar-refractivity contribution in [3.8, 4) is 0 Å². The van der Waals surface area contributed by atoms with Crippen LogP contribution in [0, 0.1) is 11.8 Å². The first kappa shape index (κ1) is 17.0. The van der Waals surface area contributed by atoms with Crippen molar-refractivity contribution in [2.45, 2.75) is 71.1 Å². The minimum absolute atomic E-state index is 0.347. The van der Waals surface area contributed by atoms with Gasteiger partial charge in [0.05, 0.1) is 10.5 Å². The van der Waals surface area contributed by atoms with Crippen LogP contribution in [0.15, 0.2) is 0 Å². The van der Waals surface area contributed by atoms with Gasteiger partial charge in [0, 0.05) is 6.04 Å². The van der Waals surface area contributed by atoms with Gasteiger partial charge in [0.2, 0.25) is 0 Å². The zero-order valence-electron chi connectivity index (χ0n) is 13.2. The smallest absolute Gasteiger partial charge is 0.155 e.